The van der Waals surface area contributed by atoms with E-state index in [1.807, 2.05) is 24.3 Å². The number of carbonyl (C=O) groups is 1. The summed E-state index contributed by atoms with van der Waals surface area (Å²) in [6, 6.07) is 11.0. The molecule has 2 aromatic heterocycles. The van der Waals surface area contributed by atoms with Gasteiger partial charge in [0.05, 0.1) is 33.2 Å². The number of H-pyrrole nitrogens is 1. The molecule has 0 saturated carbocycles. The van der Waals surface area contributed by atoms with E-state index in [2.05, 4.69) is 15.3 Å². The Morgan fingerprint density at radius 2 is 1.88 bits per heavy atom. The van der Waals surface area contributed by atoms with Gasteiger partial charge < -0.3 is 24.5 Å². The van der Waals surface area contributed by atoms with Crippen LogP contribution in [0.3, 0.4) is 0 Å². The molecule has 0 aliphatic heterocycles. The van der Waals surface area contributed by atoms with E-state index >= 15 is 0 Å². The van der Waals surface area contributed by atoms with Gasteiger partial charge in [0.2, 0.25) is 5.91 Å². The molecule has 166 valence electrons. The van der Waals surface area contributed by atoms with Crippen molar-refractivity contribution in [3.05, 3.63) is 58.6 Å². The zero-order chi connectivity index (χ0) is 22.7. The number of hydrogen-bond acceptors (Lipinski definition) is 6. The van der Waals surface area contributed by atoms with Crippen LogP contribution in [0.5, 0.6) is 17.2 Å². The van der Waals surface area contributed by atoms with Gasteiger partial charge in [0, 0.05) is 31.0 Å². The van der Waals surface area contributed by atoms with Gasteiger partial charge in [0.25, 0.3) is 5.56 Å². The van der Waals surface area contributed by atoms with Crippen molar-refractivity contribution in [3.8, 4) is 17.2 Å². The van der Waals surface area contributed by atoms with Crippen molar-refractivity contribution in [3.63, 3.8) is 0 Å². The van der Waals surface area contributed by atoms with Crippen LogP contribution in [0, 0.1) is 0 Å². The normalized spacial score (nSPS) is 11.0. The van der Waals surface area contributed by atoms with Crippen molar-refractivity contribution < 1.29 is 19.0 Å². The smallest absolute Gasteiger partial charge is 0.277 e. The maximum Gasteiger partial charge on any atom is 0.277 e. The fourth-order valence-electron chi connectivity index (χ4n) is 3.57. The lowest BCUT2D eigenvalue weighted by atomic mass is 10.2. The zero-order valence-corrected chi connectivity index (χ0v) is 18.1. The van der Waals surface area contributed by atoms with Crippen molar-refractivity contribution in [2.45, 2.75) is 19.5 Å². The number of carbonyl (C=O) groups excluding carboxylic acids is 1. The minimum absolute atomic E-state index is 0.152. The van der Waals surface area contributed by atoms with Crippen LogP contribution in [0.4, 0.5) is 0 Å². The van der Waals surface area contributed by atoms with Gasteiger partial charge in [-0.1, -0.05) is 12.1 Å². The first kappa shape index (κ1) is 21.2. The van der Waals surface area contributed by atoms with Crippen LogP contribution in [0.2, 0.25) is 0 Å². The van der Waals surface area contributed by atoms with Crippen LogP contribution in [-0.2, 0) is 17.9 Å². The molecule has 0 bridgehead atoms. The molecule has 2 N–H and O–H groups in total. The van der Waals surface area contributed by atoms with Crippen molar-refractivity contribution in [1.29, 1.82) is 0 Å². The molecule has 2 heterocycles. The molecule has 0 aliphatic carbocycles. The Hall–Kier alpha value is -4.01. The second kappa shape index (κ2) is 9.01. The maximum atomic E-state index is 13.0. The number of amides is 1. The largest absolute Gasteiger partial charge is 0.497 e. The van der Waals surface area contributed by atoms with E-state index in [9.17, 15) is 9.59 Å². The standard InChI is InChI=1S/C23H24N4O5/c1-30-15-6-4-5-14(9-15)12-24-20(28)7-8-27-13-25-21-16-10-18(31-2)19(32-3)11-17(16)26-22(21)23(27)29/h4-6,9-11,13,26H,7-8,12H2,1-3H3,(H,24,28). The third kappa shape index (κ3) is 4.09. The molecule has 0 spiro atoms. The molecular formula is C23H24N4O5. The first-order valence-electron chi connectivity index (χ1n) is 10.1. The third-order valence-corrected chi connectivity index (χ3v) is 5.28. The number of hydrogen-bond donors (Lipinski definition) is 2. The van der Waals surface area contributed by atoms with Gasteiger partial charge in [-0.3, -0.25) is 14.2 Å². The number of ether oxygens (including phenoxy) is 3. The molecule has 4 rings (SSSR count). The summed E-state index contributed by atoms with van der Waals surface area (Å²) < 4.78 is 17.3. The van der Waals surface area contributed by atoms with Crippen LogP contribution in [0.25, 0.3) is 21.9 Å². The van der Waals surface area contributed by atoms with Crippen LogP contribution >= 0.6 is 0 Å². The van der Waals surface area contributed by atoms with Crippen molar-refractivity contribution >= 4 is 27.8 Å². The predicted octanol–water partition coefficient (Wildman–Crippen LogP) is 2.61. The summed E-state index contributed by atoms with van der Waals surface area (Å²) in [5, 5.41) is 3.62. The predicted molar refractivity (Wildman–Crippen MR) is 120 cm³/mol. The number of aryl methyl sites for hydroxylation is 1. The number of benzene rings is 2. The molecule has 9 heteroatoms. The van der Waals surface area contributed by atoms with Crippen LogP contribution in [0.1, 0.15) is 12.0 Å². The van der Waals surface area contributed by atoms with Crippen LogP contribution < -0.4 is 25.1 Å². The minimum atomic E-state index is -0.246. The second-order valence-corrected chi connectivity index (χ2v) is 7.22. The fraction of sp³-hybridized carbons (Fsp3) is 0.261. The van der Waals surface area contributed by atoms with Crippen molar-refractivity contribution in [1.82, 2.24) is 19.9 Å². The first-order valence-corrected chi connectivity index (χ1v) is 10.1. The monoisotopic (exact) mass is 436 g/mol. The average Bonchev–Trinajstić information content (AvgIpc) is 3.19. The first-order chi connectivity index (χ1) is 15.5. The van der Waals surface area contributed by atoms with E-state index in [1.54, 1.807) is 33.5 Å². The summed E-state index contributed by atoms with van der Waals surface area (Å²) >= 11 is 0. The van der Waals surface area contributed by atoms with Gasteiger partial charge in [0.1, 0.15) is 16.8 Å². The summed E-state index contributed by atoms with van der Waals surface area (Å²) in [7, 11) is 4.70. The lowest BCUT2D eigenvalue weighted by Crippen LogP contribution is -2.27. The van der Waals surface area contributed by atoms with E-state index in [4.69, 9.17) is 14.2 Å². The van der Waals surface area contributed by atoms with E-state index < -0.39 is 0 Å². The highest BCUT2D eigenvalue weighted by molar-refractivity contribution is 6.05. The van der Waals surface area contributed by atoms with E-state index in [-0.39, 0.29) is 24.4 Å². The molecule has 0 fully saturated rings. The molecule has 1 amide bonds. The Morgan fingerprint density at radius 1 is 1.09 bits per heavy atom. The number of aromatic nitrogens is 3. The van der Waals surface area contributed by atoms with Crippen LogP contribution in [-0.4, -0.2) is 41.8 Å². The minimum Gasteiger partial charge on any atom is -0.497 e. The molecule has 0 saturated heterocycles. The average molecular weight is 436 g/mol. The third-order valence-electron chi connectivity index (χ3n) is 5.28. The Balaban J connectivity index is 1.49. The quantitative estimate of drug-likeness (QED) is 0.440. The number of methoxy groups -OCH3 is 3. The zero-order valence-electron chi connectivity index (χ0n) is 18.1. The Morgan fingerprint density at radius 3 is 2.62 bits per heavy atom. The lowest BCUT2D eigenvalue weighted by Gasteiger charge is -2.08. The highest BCUT2D eigenvalue weighted by atomic mass is 16.5. The van der Waals surface area contributed by atoms with E-state index in [1.165, 1.54) is 10.9 Å². The topological polar surface area (TPSA) is 107 Å². The number of aromatic amines is 1. The molecule has 4 aromatic rings. The Bertz CT molecular complexity index is 1340. The Labute approximate surface area is 183 Å². The summed E-state index contributed by atoms with van der Waals surface area (Å²) in [5.41, 5.74) is 2.32. The summed E-state index contributed by atoms with van der Waals surface area (Å²) in [4.78, 5) is 32.8. The van der Waals surface area contributed by atoms with E-state index in [0.717, 1.165) is 22.2 Å². The van der Waals surface area contributed by atoms with Crippen LogP contribution in [0.15, 0.2) is 47.5 Å². The van der Waals surface area contributed by atoms with E-state index in [0.29, 0.717) is 29.1 Å². The molecule has 0 radical (unpaired) electrons. The number of rotatable bonds is 8. The highest BCUT2D eigenvalue weighted by Crippen LogP contribution is 2.34. The maximum absolute atomic E-state index is 13.0. The fourth-order valence-corrected chi connectivity index (χ4v) is 3.57. The molecule has 9 nitrogen and oxygen atoms in total. The van der Waals surface area contributed by atoms with Gasteiger partial charge in [-0.2, -0.15) is 0 Å². The van der Waals surface area contributed by atoms with Gasteiger partial charge in [0.15, 0.2) is 11.5 Å². The Kier molecular flexibility index (Phi) is 5.98. The van der Waals surface area contributed by atoms with Gasteiger partial charge in [-0.05, 0) is 23.8 Å². The summed E-state index contributed by atoms with van der Waals surface area (Å²) in [6.45, 7) is 0.599. The number of nitrogens with zero attached hydrogens (tertiary/aromatic N) is 2. The molecule has 32 heavy (non-hydrogen) atoms. The van der Waals surface area contributed by atoms with Gasteiger partial charge >= 0.3 is 0 Å². The second-order valence-electron chi connectivity index (χ2n) is 7.22. The summed E-state index contributed by atoms with van der Waals surface area (Å²) in [5.74, 6) is 1.68. The lowest BCUT2D eigenvalue weighted by molar-refractivity contribution is -0.121. The molecule has 0 atom stereocenters. The molecule has 0 unspecified atom stereocenters. The summed E-state index contributed by atoms with van der Waals surface area (Å²) in [6.07, 6.45) is 1.61. The molecule has 2 aromatic carbocycles. The van der Waals surface area contributed by atoms with Crippen molar-refractivity contribution in [2.24, 2.45) is 0 Å². The molecular weight excluding hydrogens is 412 g/mol. The number of nitrogens with one attached hydrogen (secondary N) is 2. The number of fused-ring (bicyclic) bond motifs is 3. The SMILES string of the molecule is COc1cccc(CNC(=O)CCn2cnc3c([nH]c4cc(OC)c(OC)cc43)c2=O)c1. The van der Waals surface area contributed by atoms with Gasteiger partial charge in [-0.15, -0.1) is 0 Å². The van der Waals surface area contributed by atoms with Gasteiger partial charge in [-0.25, -0.2) is 4.98 Å². The molecule has 0 aliphatic rings. The highest BCUT2D eigenvalue weighted by Gasteiger charge is 2.15. The van der Waals surface area contributed by atoms with Crippen molar-refractivity contribution in [2.75, 3.05) is 21.3 Å².